The van der Waals surface area contributed by atoms with Gasteiger partial charge in [0.2, 0.25) is 0 Å². The van der Waals surface area contributed by atoms with Crippen molar-refractivity contribution in [1.29, 1.82) is 0 Å². The summed E-state index contributed by atoms with van der Waals surface area (Å²) in [5.74, 6) is 0.274. The second-order valence-corrected chi connectivity index (χ2v) is 9.16. The van der Waals surface area contributed by atoms with Gasteiger partial charge < -0.3 is 4.90 Å². The highest BCUT2D eigenvalue weighted by molar-refractivity contribution is 7.92. The monoisotopic (exact) mass is 331 g/mol. The highest BCUT2D eigenvalue weighted by Gasteiger charge is 2.26. The standard InChI is InChI=1S/C14H25N3O2S2/c1-4-17(5-2)14-15-10-13(20-14)11-16-7-6-12(3)21(18,19)9-8-16/h10,12H,4-9,11H2,1-3H3/t12-/m1/s1. The molecule has 7 heteroatoms. The van der Waals surface area contributed by atoms with Crippen molar-refractivity contribution in [3.05, 3.63) is 11.1 Å². The molecule has 0 saturated carbocycles. The van der Waals surface area contributed by atoms with Crippen molar-refractivity contribution >= 4 is 26.3 Å². The van der Waals surface area contributed by atoms with Gasteiger partial charge in [0.25, 0.3) is 0 Å². The number of sulfone groups is 1. The van der Waals surface area contributed by atoms with Crippen LogP contribution in [-0.4, -0.2) is 55.5 Å². The maximum Gasteiger partial charge on any atom is 0.185 e. The third-order valence-electron chi connectivity index (χ3n) is 4.11. The van der Waals surface area contributed by atoms with E-state index in [4.69, 9.17) is 0 Å². The summed E-state index contributed by atoms with van der Waals surface area (Å²) < 4.78 is 23.9. The van der Waals surface area contributed by atoms with Crippen molar-refractivity contribution in [1.82, 2.24) is 9.88 Å². The number of hydrogen-bond donors (Lipinski definition) is 0. The minimum absolute atomic E-state index is 0.213. The van der Waals surface area contributed by atoms with E-state index in [1.54, 1.807) is 11.3 Å². The van der Waals surface area contributed by atoms with Gasteiger partial charge in [-0.2, -0.15) is 0 Å². The fourth-order valence-electron chi connectivity index (χ4n) is 2.50. The lowest BCUT2D eigenvalue weighted by Gasteiger charge is -2.18. The van der Waals surface area contributed by atoms with E-state index in [1.807, 2.05) is 13.1 Å². The van der Waals surface area contributed by atoms with Gasteiger partial charge in [-0.25, -0.2) is 13.4 Å². The molecule has 0 amide bonds. The third kappa shape index (κ3) is 4.17. The summed E-state index contributed by atoms with van der Waals surface area (Å²) in [4.78, 5) is 10.2. The number of rotatable bonds is 5. The molecular weight excluding hydrogens is 306 g/mol. The average molecular weight is 332 g/mol. The molecule has 5 nitrogen and oxygen atoms in total. The van der Waals surface area contributed by atoms with E-state index < -0.39 is 9.84 Å². The zero-order valence-corrected chi connectivity index (χ0v) is 14.7. The molecule has 0 radical (unpaired) electrons. The summed E-state index contributed by atoms with van der Waals surface area (Å²) in [7, 11) is -2.90. The summed E-state index contributed by atoms with van der Waals surface area (Å²) in [6.45, 7) is 10.3. The van der Waals surface area contributed by atoms with Crippen LogP contribution in [0.3, 0.4) is 0 Å². The number of aromatic nitrogens is 1. The zero-order valence-electron chi connectivity index (χ0n) is 13.1. The lowest BCUT2D eigenvalue weighted by atomic mass is 10.3. The van der Waals surface area contributed by atoms with E-state index in [0.717, 1.165) is 37.7 Å². The Morgan fingerprint density at radius 2 is 2.10 bits per heavy atom. The first-order valence-corrected chi connectivity index (χ1v) is 10.1. The van der Waals surface area contributed by atoms with Crippen molar-refractivity contribution in [2.75, 3.05) is 36.8 Å². The molecule has 1 atom stereocenters. The van der Waals surface area contributed by atoms with Gasteiger partial charge in [0.05, 0.1) is 11.0 Å². The largest absolute Gasteiger partial charge is 0.349 e. The van der Waals surface area contributed by atoms with Gasteiger partial charge in [-0.1, -0.05) is 0 Å². The number of hydrogen-bond acceptors (Lipinski definition) is 6. The average Bonchev–Trinajstić information content (AvgIpc) is 2.86. The molecule has 1 aliphatic rings. The van der Waals surface area contributed by atoms with Crippen LogP contribution < -0.4 is 4.90 Å². The van der Waals surface area contributed by atoms with Crippen LogP contribution >= 0.6 is 11.3 Å². The molecule has 1 aromatic rings. The van der Waals surface area contributed by atoms with Crippen molar-refractivity contribution in [3.8, 4) is 0 Å². The second kappa shape index (κ2) is 7.07. The topological polar surface area (TPSA) is 53.5 Å². The van der Waals surface area contributed by atoms with E-state index in [0.29, 0.717) is 6.54 Å². The fraction of sp³-hybridized carbons (Fsp3) is 0.786. The smallest absolute Gasteiger partial charge is 0.185 e. The first-order valence-electron chi connectivity index (χ1n) is 7.59. The number of anilines is 1. The molecule has 0 bridgehead atoms. The van der Waals surface area contributed by atoms with E-state index in [1.165, 1.54) is 4.88 Å². The molecule has 2 heterocycles. The van der Waals surface area contributed by atoms with E-state index >= 15 is 0 Å². The van der Waals surface area contributed by atoms with Gasteiger partial charge in [-0.05, 0) is 33.7 Å². The molecule has 0 aromatic carbocycles. The molecule has 120 valence electrons. The molecule has 1 aliphatic heterocycles. The third-order valence-corrected chi connectivity index (χ3v) is 7.37. The van der Waals surface area contributed by atoms with Gasteiger partial charge in [-0.15, -0.1) is 11.3 Å². The first kappa shape index (κ1) is 16.7. The maximum atomic E-state index is 11.9. The number of nitrogens with zero attached hydrogens (tertiary/aromatic N) is 3. The minimum atomic E-state index is -2.90. The second-order valence-electron chi connectivity index (χ2n) is 5.52. The normalized spacial score (nSPS) is 22.9. The lowest BCUT2D eigenvalue weighted by Crippen LogP contribution is -2.26. The summed E-state index contributed by atoms with van der Waals surface area (Å²) in [5, 5.41) is 0.848. The van der Waals surface area contributed by atoms with Crippen molar-refractivity contribution in [3.63, 3.8) is 0 Å². The van der Waals surface area contributed by atoms with Crippen molar-refractivity contribution in [2.24, 2.45) is 0 Å². The van der Waals surface area contributed by atoms with E-state index in [2.05, 4.69) is 28.6 Å². The molecule has 2 rings (SSSR count). The molecule has 1 aromatic heterocycles. The van der Waals surface area contributed by atoms with Crippen LogP contribution in [0.4, 0.5) is 5.13 Å². The maximum absolute atomic E-state index is 11.9. The van der Waals surface area contributed by atoms with Crippen LogP contribution in [0.15, 0.2) is 6.20 Å². The predicted molar refractivity (Wildman–Crippen MR) is 88.8 cm³/mol. The summed E-state index contributed by atoms with van der Waals surface area (Å²) >= 11 is 1.71. The Morgan fingerprint density at radius 1 is 1.38 bits per heavy atom. The van der Waals surface area contributed by atoms with E-state index in [-0.39, 0.29) is 11.0 Å². The molecule has 0 N–H and O–H groups in total. The van der Waals surface area contributed by atoms with Crippen LogP contribution in [0, 0.1) is 0 Å². The van der Waals surface area contributed by atoms with Crippen LogP contribution in [0.5, 0.6) is 0 Å². The molecule has 0 aliphatic carbocycles. The van der Waals surface area contributed by atoms with Crippen LogP contribution in [-0.2, 0) is 16.4 Å². The highest BCUT2D eigenvalue weighted by Crippen LogP contribution is 2.24. The van der Waals surface area contributed by atoms with Crippen molar-refractivity contribution < 1.29 is 8.42 Å². The molecule has 0 spiro atoms. The fourth-order valence-corrected chi connectivity index (χ4v) is 4.96. The Labute approximate surface area is 131 Å². The zero-order chi connectivity index (χ0) is 15.5. The first-order chi connectivity index (χ1) is 9.96. The van der Waals surface area contributed by atoms with Gasteiger partial charge in [-0.3, -0.25) is 4.90 Å². The quantitative estimate of drug-likeness (QED) is 0.826. The number of thiazole rings is 1. The molecule has 21 heavy (non-hydrogen) atoms. The highest BCUT2D eigenvalue weighted by atomic mass is 32.2. The Morgan fingerprint density at radius 3 is 2.76 bits per heavy atom. The Balaban J connectivity index is 1.99. The van der Waals surface area contributed by atoms with Crippen LogP contribution in [0.2, 0.25) is 0 Å². The molecule has 0 unspecified atom stereocenters. The van der Waals surface area contributed by atoms with Crippen LogP contribution in [0.1, 0.15) is 32.1 Å². The van der Waals surface area contributed by atoms with Gasteiger partial charge >= 0.3 is 0 Å². The van der Waals surface area contributed by atoms with Gasteiger partial charge in [0.1, 0.15) is 0 Å². The summed E-state index contributed by atoms with van der Waals surface area (Å²) in [5.41, 5.74) is 0. The summed E-state index contributed by atoms with van der Waals surface area (Å²) in [6, 6.07) is 0. The van der Waals surface area contributed by atoms with Crippen LogP contribution in [0.25, 0.3) is 0 Å². The minimum Gasteiger partial charge on any atom is -0.349 e. The predicted octanol–water partition coefficient (Wildman–Crippen LogP) is 2.00. The van der Waals surface area contributed by atoms with E-state index in [9.17, 15) is 8.42 Å². The molecular formula is C14H25N3O2S2. The SMILES string of the molecule is CCN(CC)c1ncc(CN2CC[C@@H](C)S(=O)(=O)CC2)s1. The Kier molecular flexibility index (Phi) is 5.62. The lowest BCUT2D eigenvalue weighted by molar-refractivity contribution is 0.286. The molecule has 1 saturated heterocycles. The van der Waals surface area contributed by atoms with Crippen molar-refractivity contribution in [2.45, 2.75) is 39.0 Å². The van der Waals surface area contributed by atoms with Gasteiger partial charge in [0, 0.05) is 37.3 Å². The summed E-state index contributed by atoms with van der Waals surface area (Å²) in [6.07, 6.45) is 2.66. The Bertz CT molecular complexity index is 552. The van der Waals surface area contributed by atoms with Gasteiger partial charge in [0.15, 0.2) is 15.0 Å². The molecule has 1 fully saturated rings. The Hall–Kier alpha value is -0.660.